The molecule has 290 valence electrons. The van der Waals surface area contributed by atoms with E-state index in [4.69, 9.17) is 26.0 Å². The lowest BCUT2D eigenvalue weighted by Crippen LogP contribution is -2.38. The summed E-state index contributed by atoms with van der Waals surface area (Å²) in [6, 6.07) is 3.16. The number of nitrogens with one attached hydrogen (secondary N) is 2. The molecular weight excluding hydrogens is 846 g/mol. The molecule has 0 aliphatic rings. The van der Waals surface area contributed by atoms with Gasteiger partial charge >= 0.3 is 5.97 Å². The number of aromatic nitrogens is 6. The van der Waals surface area contributed by atoms with Crippen LogP contribution in [0, 0.1) is 0 Å². The molecule has 6 rings (SSSR count). The molecule has 0 fully saturated rings. The Morgan fingerprint density at radius 2 is 1.13 bits per heavy atom. The van der Waals surface area contributed by atoms with Crippen LogP contribution in [-0.2, 0) is 15.6 Å². The number of hydrogen-bond donors (Lipinski definition) is 5. The zero-order chi connectivity index (χ0) is 40.6. The summed E-state index contributed by atoms with van der Waals surface area (Å²) in [4.78, 5) is 55.2. The van der Waals surface area contributed by atoms with Crippen molar-refractivity contribution in [2.45, 2.75) is 64.5 Å². The molecule has 0 aliphatic heterocycles. The van der Waals surface area contributed by atoms with Gasteiger partial charge in [0.15, 0.2) is 11.4 Å². The van der Waals surface area contributed by atoms with Crippen molar-refractivity contribution in [3.63, 3.8) is 0 Å². The first-order valence-electron chi connectivity index (χ1n) is 16.5. The first-order valence-corrected chi connectivity index (χ1v) is 18.1. The number of esters is 1. The molecule has 6 heterocycles. The van der Waals surface area contributed by atoms with Crippen LogP contribution in [0.4, 0.5) is 11.4 Å². The van der Waals surface area contributed by atoms with Crippen LogP contribution in [0.15, 0.2) is 67.2 Å². The third kappa shape index (κ3) is 8.19. The van der Waals surface area contributed by atoms with E-state index >= 15 is 0 Å². The second-order valence-electron chi connectivity index (χ2n) is 13.7. The lowest BCUT2D eigenvalue weighted by atomic mass is 9.85. The van der Waals surface area contributed by atoms with E-state index in [0.717, 1.165) is 8.95 Å². The van der Waals surface area contributed by atoms with Gasteiger partial charge in [-0.25, -0.2) is 23.8 Å². The molecule has 55 heavy (non-hydrogen) atoms. The lowest BCUT2D eigenvalue weighted by Gasteiger charge is -2.30. The number of primary amides is 3. The topological polar surface area (TPSA) is 266 Å². The summed E-state index contributed by atoms with van der Waals surface area (Å²) in [5, 5.41) is 15.1. The maximum atomic E-state index is 11.9. The third-order valence-electron chi connectivity index (χ3n) is 9.38. The molecular formula is C35H39Br2N11O7. The zero-order valence-electron chi connectivity index (χ0n) is 30.8. The highest BCUT2D eigenvalue weighted by Gasteiger charge is 2.36. The molecule has 0 spiro atoms. The van der Waals surface area contributed by atoms with E-state index in [1.165, 1.54) is 32.0 Å². The van der Waals surface area contributed by atoms with Crippen LogP contribution < -0.4 is 27.8 Å². The van der Waals surface area contributed by atoms with Crippen molar-refractivity contribution < 1.29 is 32.7 Å². The normalized spacial score (nSPS) is 12.8. The molecule has 0 aliphatic carbocycles. The Balaban J connectivity index is 0.000000211. The number of anilines is 2. The van der Waals surface area contributed by atoms with Crippen molar-refractivity contribution >= 4 is 78.0 Å². The van der Waals surface area contributed by atoms with E-state index in [-0.39, 0.29) is 34.6 Å². The molecule has 8 N–H and O–H groups in total. The van der Waals surface area contributed by atoms with E-state index in [0.29, 0.717) is 34.2 Å². The molecule has 3 amide bonds. The van der Waals surface area contributed by atoms with Gasteiger partial charge in [0.2, 0.25) is 11.8 Å². The van der Waals surface area contributed by atoms with Crippen LogP contribution in [0.25, 0.3) is 11.0 Å². The maximum Gasteiger partial charge on any atom is 0.360 e. The van der Waals surface area contributed by atoms with Crippen molar-refractivity contribution in [1.82, 2.24) is 29.2 Å². The van der Waals surface area contributed by atoms with Crippen LogP contribution in [-0.4, -0.2) is 72.1 Å². The van der Waals surface area contributed by atoms with Crippen molar-refractivity contribution in [2.24, 2.45) is 17.2 Å². The number of amides is 3. The molecule has 6 aromatic heterocycles. The largest absolute Gasteiger partial charge is 0.464 e. The summed E-state index contributed by atoms with van der Waals surface area (Å²) in [6.45, 7) is 11.5. The number of carbonyl (C=O) groups excluding carboxylic acids is 4. The van der Waals surface area contributed by atoms with Gasteiger partial charge in [0, 0.05) is 33.4 Å². The van der Waals surface area contributed by atoms with Crippen LogP contribution in [0.3, 0.4) is 0 Å². The fraction of sp³-hybridized carbons (Fsp3) is 0.314. The van der Waals surface area contributed by atoms with Gasteiger partial charge in [-0.1, -0.05) is 0 Å². The Morgan fingerprint density at radius 1 is 0.727 bits per heavy atom. The number of nitrogens with two attached hydrogens (primary N) is 3. The number of methoxy groups -OCH3 is 1. The molecule has 6 aromatic rings. The smallest absolute Gasteiger partial charge is 0.360 e. The van der Waals surface area contributed by atoms with Gasteiger partial charge in [0.1, 0.15) is 12.5 Å². The predicted octanol–water partition coefficient (Wildman–Crippen LogP) is 4.81. The van der Waals surface area contributed by atoms with Crippen molar-refractivity contribution in [2.75, 3.05) is 17.7 Å². The number of nitrogens with zero attached hydrogens (tertiary/aromatic N) is 6. The Morgan fingerprint density at radius 3 is 1.49 bits per heavy atom. The third-order valence-corrected chi connectivity index (χ3v) is 10.3. The lowest BCUT2D eigenvalue weighted by molar-refractivity contribution is 0.0593. The predicted molar refractivity (Wildman–Crippen MR) is 208 cm³/mol. The van der Waals surface area contributed by atoms with E-state index < -0.39 is 34.5 Å². The van der Waals surface area contributed by atoms with Gasteiger partial charge in [-0.2, -0.15) is 10.2 Å². The van der Waals surface area contributed by atoms with E-state index in [1.54, 1.807) is 21.4 Å². The SMILES string of the molecule is COC(=O)c1coc(C(C)(C)[C@@H](C)Nc2c(C(N)=O)cnn3cc(Br)cc23)n1.C[C@@H](Nc1c(C(N)=O)cnn2cc(Br)cc12)C(C)(C)c1nc(C(N)=O)co1. The van der Waals surface area contributed by atoms with E-state index in [9.17, 15) is 19.2 Å². The van der Waals surface area contributed by atoms with Gasteiger partial charge in [-0.05, 0) is 85.5 Å². The monoisotopic (exact) mass is 883 g/mol. The van der Waals surface area contributed by atoms with Gasteiger partial charge in [-0.15, -0.1) is 0 Å². The van der Waals surface area contributed by atoms with Crippen molar-refractivity contribution in [1.29, 1.82) is 0 Å². The minimum absolute atomic E-state index is 0.0601. The van der Waals surface area contributed by atoms with Crippen LogP contribution in [0.2, 0.25) is 0 Å². The first-order chi connectivity index (χ1) is 25.8. The average Bonchev–Trinajstić information content (AvgIpc) is 3.94. The number of carbonyl (C=O) groups is 4. The standard InChI is InChI=1S/C18H20BrN5O4.C17H19BrN6O3/c1-9(18(2,3)17-23-12(8-28-17)16(26)27-4)22-14-11(15(20)25)6-21-24-7-10(19)5-13(14)24;1-8(17(2,3)16-23-11(7-27-16)15(20)26)22-13-10(14(19)25)5-21-24-6-9(18)4-12(13)24/h5-9,22H,1-4H3,(H2,20,25);4-8,22H,1-3H3,(H2,19,25)(H2,20,26)/t9-;8-/m11/s1. The van der Waals surface area contributed by atoms with Crippen LogP contribution in [0.1, 0.15) is 95.0 Å². The molecule has 20 heteroatoms. The number of rotatable bonds is 12. The first kappa shape index (κ1) is 40.4. The Labute approximate surface area is 330 Å². The van der Waals surface area contributed by atoms with Gasteiger partial charge in [-0.3, -0.25) is 14.4 Å². The summed E-state index contributed by atoms with van der Waals surface area (Å²) >= 11 is 6.82. The van der Waals surface area contributed by atoms with Crippen molar-refractivity contribution in [3.8, 4) is 0 Å². The fourth-order valence-electron chi connectivity index (χ4n) is 5.34. The summed E-state index contributed by atoms with van der Waals surface area (Å²) in [7, 11) is 1.28. The zero-order valence-corrected chi connectivity index (χ0v) is 34.0. The molecule has 0 aromatic carbocycles. The number of oxazole rings is 2. The van der Waals surface area contributed by atoms with E-state index in [1.807, 2.05) is 53.7 Å². The minimum Gasteiger partial charge on any atom is -0.464 e. The summed E-state index contributed by atoms with van der Waals surface area (Å²) in [6.07, 6.45) is 8.88. The summed E-state index contributed by atoms with van der Waals surface area (Å²) in [5.74, 6) is -1.72. The Hall–Kier alpha value is -5.76. The highest BCUT2D eigenvalue weighted by atomic mass is 79.9. The number of fused-ring (bicyclic) bond motifs is 2. The average molecular weight is 886 g/mol. The fourth-order valence-corrected chi connectivity index (χ4v) is 6.16. The molecule has 18 nitrogen and oxygen atoms in total. The number of ether oxygens (including phenoxy) is 1. The highest BCUT2D eigenvalue weighted by Crippen LogP contribution is 2.34. The maximum absolute atomic E-state index is 11.9. The van der Waals surface area contributed by atoms with E-state index in [2.05, 4.69) is 67.4 Å². The number of halogens is 2. The minimum atomic E-state index is -0.661. The summed E-state index contributed by atoms with van der Waals surface area (Å²) in [5.41, 5.74) is 18.2. The molecule has 0 saturated carbocycles. The molecule has 0 bridgehead atoms. The van der Waals surface area contributed by atoms with Crippen molar-refractivity contribution in [3.05, 3.63) is 92.7 Å². The highest BCUT2D eigenvalue weighted by molar-refractivity contribution is 9.10. The van der Waals surface area contributed by atoms with Crippen LogP contribution >= 0.6 is 31.9 Å². The quantitative estimate of drug-likeness (QED) is 0.103. The molecule has 0 unspecified atom stereocenters. The summed E-state index contributed by atoms with van der Waals surface area (Å²) < 4.78 is 20.5. The molecule has 0 saturated heterocycles. The Kier molecular flexibility index (Phi) is 11.4. The number of hydrogen-bond acceptors (Lipinski definition) is 13. The second kappa shape index (κ2) is 15.5. The molecule has 2 atom stereocenters. The Bertz CT molecular complexity index is 2430. The van der Waals surface area contributed by atoms with Gasteiger partial charge in [0.25, 0.3) is 17.7 Å². The van der Waals surface area contributed by atoms with Crippen LogP contribution in [0.5, 0.6) is 0 Å². The molecule has 0 radical (unpaired) electrons. The second-order valence-corrected chi connectivity index (χ2v) is 15.5. The van der Waals surface area contributed by atoms with Gasteiger partial charge in [0.05, 0.1) is 63.9 Å². The van der Waals surface area contributed by atoms with Gasteiger partial charge < -0.3 is 41.4 Å².